The van der Waals surface area contributed by atoms with Crippen LogP contribution in [0.15, 0.2) is 12.3 Å². The third-order valence-electron chi connectivity index (χ3n) is 0.882. The van der Waals surface area contributed by atoms with E-state index in [1.807, 2.05) is 0 Å². The average Bonchev–Trinajstić information content (AvgIpc) is 1.63. The molecule has 9 heavy (non-hydrogen) atoms. The molecule has 0 aromatic heterocycles. The van der Waals surface area contributed by atoms with E-state index in [0.717, 1.165) is 6.26 Å². The fraction of sp³-hybridized carbons (Fsp3) is 0.667. The summed E-state index contributed by atoms with van der Waals surface area (Å²) in [5, 5.41) is 8.19. The van der Waals surface area contributed by atoms with E-state index in [2.05, 4.69) is 0 Å². The lowest BCUT2D eigenvalue weighted by Crippen LogP contribution is -2.09. The highest BCUT2D eigenvalue weighted by atomic mass is 32.2. The molecule has 0 spiro atoms. The van der Waals surface area contributed by atoms with E-state index >= 15 is 0 Å². The van der Waals surface area contributed by atoms with Crippen molar-refractivity contribution in [3.63, 3.8) is 0 Å². The summed E-state index contributed by atoms with van der Waals surface area (Å²) in [4.78, 5) is 0. The Morgan fingerprint density at radius 2 is 2.11 bits per heavy atom. The lowest BCUT2D eigenvalue weighted by atomic mass is 10.5. The van der Waals surface area contributed by atoms with Gasteiger partial charge in [0.25, 0.3) is 0 Å². The van der Waals surface area contributed by atoms with Crippen LogP contribution in [0.3, 0.4) is 0 Å². The molecular weight excluding hydrogens is 136 g/mol. The first-order valence-electron chi connectivity index (χ1n) is 2.77. The highest BCUT2D eigenvalue weighted by molar-refractivity contribution is 8.01. The highest BCUT2D eigenvalue weighted by Gasteiger charge is 2.08. The molecule has 0 radical (unpaired) electrons. The summed E-state index contributed by atoms with van der Waals surface area (Å²) in [6.45, 7) is 0. The van der Waals surface area contributed by atoms with E-state index < -0.39 is 9.93 Å². The minimum atomic E-state index is -1.61. The Hall–Kier alpha value is -0.310. The minimum absolute atomic E-state index is 0.657. The standard InChI is InChI=1S/C6H12O2S/c1-9(2,8)6-4-3-5-7/h3,5H,4,6H2,1-2H3/p+1/b5-3+. The third kappa shape index (κ3) is 7.69. The van der Waals surface area contributed by atoms with Crippen LogP contribution in [-0.4, -0.2) is 23.4 Å². The summed E-state index contributed by atoms with van der Waals surface area (Å²) in [6, 6.07) is 0. The Bertz CT molecular complexity index is 134. The molecule has 0 aromatic carbocycles. The van der Waals surface area contributed by atoms with Crippen molar-refractivity contribution in [2.45, 2.75) is 6.42 Å². The minimum Gasteiger partial charge on any atom is -0.516 e. The van der Waals surface area contributed by atoms with Gasteiger partial charge in [-0.05, 0) is 6.08 Å². The van der Waals surface area contributed by atoms with Crippen molar-refractivity contribution in [1.82, 2.24) is 0 Å². The van der Waals surface area contributed by atoms with Crippen LogP contribution in [0.2, 0.25) is 0 Å². The van der Waals surface area contributed by atoms with E-state index in [1.54, 1.807) is 18.6 Å². The van der Waals surface area contributed by atoms with Crippen molar-refractivity contribution < 1.29 is 9.32 Å². The first-order chi connectivity index (χ1) is 4.06. The second kappa shape index (κ2) is 3.67. The van der Waals surface area contributed by atoms with Crippen molar-refractivity contribution >= 4 is 9.93 Å². The molecule has 0 amide bonds. The molecule has 54 valence electrons. The van der Waals surface area contributed by atoms with Crippen LogP contribution in [0.4, 0.5) is 0 Å². The molecule has 2 nitrogen and oxygen atoms in total. The fourth-order valence-corrected chi connectivity index (χ4v) is 1.13. The average molecular weight is 149 g/mol. The van der Waals surface area contributed by atoms with Crippen LogP contribution in [0.25, 0.3) is 0 Å². The van der Waals surface area contributed by atoms with E-state index in [-0.39, 0.29) is 0 Å². The van der Waals surface area contributed by atoms with Gasteiger partial charge in [-0.3, -0.25) is 0 Å². The van der Waals surface area contributed by atoms with E-state index in [4.69, 9.17) is 5.11 Å². The summed E-state index contributed by atoms with van der Waals surface area (Å²) in [7, 11) is -1.61. The number of allylic oxidation sites excluding steroid dienone is 1. The molecule has 0 saturated carbocycles. The first kappa shape index (κ1) is 8.69. The largest absolute Gasteiger partial charge is 0.516 e. The Morgan fingerprint density at radius 1 is 1.56 bits per heavy atom. The topological polar surface area (TPSA) is 37.3 Å². The number of rotatable bonds is 3. The summed E-state index contributed by atoms with van der Waals surface area (Å²) in [5.74, 6) is 0.657. The van der Waals surface area contributed by atoms with Gasteiger partial charge in [0.2, 0.25) is 0 Å². The maximum atomic E-state index is 10.9. The Kier molecular flexibility index (Phi) is 3.54. The van der Waals surface area contributed by atoms with Crippen molar-refractivity contribution in [3.8, 4) is 0 Å². The number of hydrogen-bond donors (Lipinski definition) is 1. The van der Waals surface area contributed by atoms with E-state index in [1.165, 1.54) is 0 Å². The molecule has 0 unspecified atom stereocenters. The summed E-state index contributed by atoms with van der Waals surface area (Å²) >= 11 is 0. The molecule has 0 aromatic rings. The van der Waals surface area contributed by atoms with Gasteiger partial charge < -0.3 is 5.11 Å². The van der Waals surface area contributed by atoms with Gasteiger partial charge in [-0.2, -0.15) is 0 Å². The quantitative estimate of drug-likeness (QED) is 0.483. The highest BCUT2D eigenvalue weighted by Crippen LogP contribution is 1.96. The van der Waals surface area contributed by atoms with Crippen LogP contribution in [0.1, 0.15) is 6.42 Å². The monoisotopic (exact) mass is 149 g/mol. The summed E-state index contributed by atoms with van der Waals surface area (Å²) in [6.07, 6.45) is 6.73. The lowest BCUT2D eigenvalue weighted by molar-refractivity contribution is 0.471. The van der Waals surface area contributed by atoms with Gasteiger partial charge in [-0.15, -0.1) is 4.21 Å². The van der Waals surface area contributed by atoms with E-state index in [9.17, 15) is 4.21 Å². The van der Waals surface area contributed by atoms with Crippen molar-refractivity contribution in [1.29, 1.82) is 0 Å². The predicted molar refractivity (Wildman–Crippen MR) is 41.2 cm³/mol. The summed E-state index contributed by atoms with van der Waals surface area (Å²) < 4.78 is 10.9. The maximum absolute atomic E-state index is 10.9. The van der Waals surface area contributed by atoms with Crippen LogP contribution < -0.4 is 0 Å². The zero-order chi connectivity index (χ0) is 7.33. The molecule has 0 heterocycles. The zero-order valence-corrected chi connectivity index (χ0v) is 6.65. The van der Waals surface area contributed by atoms with Crippen molar-refractivity contribution in [2.24, 2.45) is 0 Å². The molecule has 0 bridgehead atoms. The van der Waals surface area contributed by atoms with Crippen molar-refractivity contribution in [3.05, 3.63) is 12.3 Å². The van der Waals surface area contributed by atoms with Crippen molar-refractivity contribution in [2.75, 3.05) is 18.3 Å². The maximum Gasteiger partial charge on any atom is 0.115 e. The molecule has 0 atom stereocenters. The Labute approximate surface area is 57.0 Å². The number of aliphatic hydroxyl groups is 1. The molecular formula is C6H13O2S+. The van der Waals surface area contributed by atoms with Crippen LogP contribution in [0, 0.1) is 0 Å². The molecule has 0 saturated heterocycles. The molecule has 0 rings (SSSR count). The smallest absolute Gasteiger partial charge is 0.115 e. The second-order valence-corrected chi connectivity index (χ2v) is 5.60. The van der Waals surface area contributed by atoms with Crippen LogP contribution in [-0.2, 0) is 14.1 Å². The predicted octanol–water partition coefficient (Wildman–Crippen LogP) is 1.21. The molecule has 0 aliphatic heterocycles. The van der Waals surface area contributed by atoms with Gasteiger partial charge in [0, 0.05) is 6.42 Å². The van der Waals surface area contributed by atoms with E-state index in [0.29, 0.717) is 12.2 Å². The van der Waals surface area contributed by atoms with Gasteiger partial charge in [-0.1, -0.05) is 0 Å². The molecule has 0 aliphatic rings. The molecule has 0 aliphatic carbocycles. The van der Waals surface area contributed by atoms with Gasteiger partial charge in [0.1, 0.15) is 18.3 Å². The Morgan fingerprint density at radius 3 is 2.44 bits per heavy atom. The third-order valence-corrected chi connectivity index (χ3v) is 2.10. The normalized spacial score (nSPS) is 12.7. The molecule has 0 fully saturated rings. The summed E-state index contributed by atoms with van der Waals surface area (Å²) in [5.41, 5.74) is 0. The van der Waals surface area contributed by atoms with Gasteiger partial charge in [0.05, 0.1) is 16.2 Å². The van der Waals surface area contributed by atoms with Crippen LogP contribution >= 0.6 is 0 Å². The zero-order valence-electron chi connectivity index (χ0n) is 5.83. The number of aliphatic hydroxyl groups excluding tert-OH is 1. The number of hydrogen-bond acceptors (Lipinski definition) is 2. The second-order valence-electron chi connectivity index (χ2n) is 2.31. The van der Waals surface area contributed by atoms with Gasteiger partial charge in [-0.25, -0.2) is 0 Å². The van der Waals surface area contributed by atoms with Crippen LogP contribution in [0.5, 0.6) is 0 Å². The molecule has 1 N–H and O–H groups in total. The molecule has 3 heteroatoms. The first-order valence-corrected chi connectivity index (χ1v) is 5.32. The van der Waals surface area contributed by atoms with Gasteiger partial charge in [0.15, 0.2) is 0 Å². The van der Waals surface area contributed by atoms with Gasteiger partial charge >= 0.3 is 0 Å². The fourth-order valence-electron chi connectivity index (χ4n) is 0.426. The Balaban J connectivity index is 3.40. The SMILES string of the molecule is C[S+](C)(=O)CC/C=C/O. The lowest BCUT2D eigenvalue weighted by Gasteiger charge is -1.94.